The predicted octanol–water partition coefficient (Wildman–Crippen LogP) is 4.42. The predicted molar refractivity (Wildman–Crippen MR) is 98.9 cm³/mol. The Morgan fingerprint density at radius 1 is 0.960 bits per heavy atom. The van der Waals surface area contributed by atoms with Gasteiger partial charge in [-0.15, -0.1) is 0 Å². The van der Waals surface area contributed by atoms with Crippen LogP contribution in [0.1, 0.15) is 26.6 Å². The quantitative estimate of drug-likeness (QED) is 0.693. The van der Waals surface area contributed by atoms with Gasteiger partial charge < -0.3 is 14.4 Å². The fraction of sp³-hybridized carbons (Fsp3) is 0.300. The fourth-order valence-electron chi connectivity index (χ4n) is 2.87. The van der Waals surface area contributed by atoms with Gasteiger partial charge in [0.2, 0.25) is 6.79 Å². The molecule has 3 aromatic rings. The van der Waals surface area contributed by atoms with E-state index in [2.05, 4.69) is 31.7 Å². The molecule has 0 saturated heterocycles. The molecule has 0 radical (unpaired) electrons. The van der Waals surface area contributed by atoms with E-state index in [0.717, 1.165) is 39.7 Å². The summed E-state index contributed by atoms with van der Waals surface area (Å²) in [6.07, 6.45) is 0. The molecule has 0 N–H and O–H groups in total. The number of benzene rings is 2. The molecule has 2 aromatic carbocycles. The summed E-state index contributed by atoms with van der Waals surface area (Å²) in [4.78, 5) is 11.7. The lowest BCUT2D eigenvalue weighted by Crippen LogP contribution is -2.20. The third-order valence-corrected chi connectivity index (χ3v) is 4.32. The van der Waals surface area contributed by atoms with Crippen molar-refractivity contribution in [1.82, 2.24) is 9.97 Å². The maximum absolute atomic E-state index is 5.51. The number of hydrogen-bond acceptors (Lipinski definition) is 5. The van der Waals surface area contributed by atoms with Gasteiger partial charge in [0.25, 0.3) is 0 Å². The third-order valence-electron chi connectivity index (χ3n) is 4.32. The molecule has 0 bridgehead atoms. The topological polar surface area (TPSA) is 47.5 Å². The van der Waals surface area contributed by atoms with Crippen LogP contribution in [0.2, 0.25) is 0 Å². The molecule has 5 heteroatoms. The van der Waals surface area contributed by atoms with Gasteiger partial charge in [-0.1, -0.05) is 32.9 Å². The Kier molecular flexibility index (Phi) is 3.53. The van der Waals surface area contributed by atoms with Crippen LogP contribution in [0.4, 0.5) is 11.5 Å². The van der Waals surface area contributed by atoms with E-state index in [-0.39, 0.29) is 12.2 Å². The van der Waals surface area contributed by atoms with Crippen LogP contribution in [0.3, 0.4) is 0 Å². The fourth-order valence-corrected chi connectivity index (χ4v) is 2.87. The first-order chi connectivity index (χ1) is 11.9. The smallest absolute Gasteiger partial charge is 0.231 e. The minimum Gasteiger partial charge on any atom is -0.454 e. The maximum Gasteiger partial charge on any atom is 0.231 e. The van der Waals surface area contributed by atoms with E-state index in [0.29, 0.717) is 0 Å². The number of anilines is 2. The van der Waals surface area contributed by atoms with Gasteiger partial charge in [0.15, 0.2) is 11.5 Å². The summed E-state index contributed by atoms with van der Waals surface area (Å²) >= 11 is 0. The molecule has 1 aromatic heterocycles. The summed E-state index contributed by atoms with van der Waals surface area (Å²) in [6.45, 7) is 6.65. The van der Waals surface area contributed by atoms with Gasteiger partial charge >= 0.3 is 0 Å². The van der Waals surface area contributed by atoms with E-state index in [9.17, 15) is 0 Å². The normalized spacial score (nSPS) is 13.3. The molecular formula is C20H21N3O2. The Labute approximate surface area is 147 Å². The third kappa shape index (κ3) is 2.76. The molecule has 0 unspecified atom stereocenters. The summed E-state index contributed by atoms with van der Waals surface area (Å²) in [6, 6.07) is 14.0. The van der Waals surface area contributed by atoms with E-state index >= 15 is 0 Å². The minimum atomic E-state index is -0.130. The first-order valence-electron chi connectivity index (χ1n) is 8.34. The number of hydrogen-bond donors (Lipinski definition) is 0. The van der Waals surface area contributed by atoms with Crippen LogP contribution in [-0.4, -0.2) is 23.8 Å². The number of rotatable bonds is 2. The zero-order valence-corrected chi connectivity index (χ0v) is 14.9. The summed E-state index contributed by atoms with van der Waals surface area (Å²) in [7, 11) is 2.01. The largest absolute Gasteiger partial charge is 0.454 e. The molecule has 2 heterocycles. The van der Waals surface area contributed by atoms with Crippen molar-refractivity contribution in [3.05, 3.63) is 48.3 Å². The van der Waals surface area contributed by atoms with Crippen molar-refractivity contribution in [3.63, 3.8) is 0 Å². The summed E-state index contributed by atoms with van der Waals surface area (Å²) < 4.78 is 10.9. The lowest BCUT2D eigenvalue weighted by molar-refractivity contribution is 0.174. The highest BCUT2D eigenvalue weighted by atomic mass is 16.7. The van der Waals surface area contributed by atoms with Crippen molar-refractivity contribution >= 4 is 22.4 Å². The Bertz CT molecular complexity index is 947. The van der Waals surface area contributed by atoms with E-state index in [4.69, 9.17) is 19.4 Å². The summed E-state index contributed by atoms with van der Waals surface area (Å²) in [5, 5.41) is 1.02. The Morgan fingerprint density at radius 3 is 2.52 bits per heavy atom. The lowest BCUT2D eigenvalue weighted by atomic mass is 9.95. The number of para-hydroxylation sites is 1. The molecule has 0 spiro atoms. The van der Waals surface area contributed by atoms with Crippen molar-refractivity contribution in [3.8, 4) is 11.5 Å². The van der Waals surface area contributed by atoms with Gasteiger partial charge in [0.05, 0.1) is 5.52 Å². The number of fused-ring (bicyclic) bond motifs is 2. The lowest BCUT2D eigenvalue weighted by Gasteiger charge is -2.24. The van der Waals surface area contributed by atoms with Crippen LogP contribution >= 0.6 is 0 Å². The average Bonchev–Trinajstić information content (AvgIpc) is 3.07. The van der Waals surface area contributed by atoms with E-state index < -0.39 is 0 Å². The van der Waals surface area contributed by atoms with Crippen LogP contribution in [0.15, 0.2) is 42.5 Å². The molecule has 1 aliphatic heterocycles. The van der Waals surface area contributed by atoms with Crippen LogP contribution < -0.4 is 14.4 Å². The molecule has 0 aliphatic carbocycles. The molecule has 0 saturated carbocycles. The Hall–Kier alpha value is -2.82. The highest BCUT2D eigenvalue weighted by Gasteiger charge is 2.22. The van der Waals surface area contributed by atoms with Crippen LogP contribution in [0.25, 0.3) is 10.9 Å². The standard InChI is InChI=1S/C20H21N3O2/c1-20(2,3)19-21-15-8-6-5-7-14(15)18(22-19)23(4)13-9-10-16-17(11-13)25-12-24-16/h5-11H,12H2,1-4H3. The molecule has 0 atom stereocenters. The monoisotopic (exact) mass is 335 g/mol. The maximum atomic E-state index is 5.51. The number of nitrogens with zero attached hydrogens (tertiary/aromatic N) is 3. The van der Waals surface area contributed by atoms with Crippen LogP contribution in [0.5, 0.6) is 11.5 Å². The molecule has 4 rings (SSSR count). The number of ether oxygens (including phenoxy) is 2. The molecule has 0 amide bonds. The molecule has 1 aliphatic rings. The van der Waals surface area contributed by atoms with Crippen molar-refractivity contribution in [2.24, 2.45) is 0 Å². The first kappa shape index (κ1) is 15.7. The summed E-state index contributed by atoms with van der Waals surface area (Å²) in [5.41, 5.74) is 1.81. The van der Waals surface area contributed by atoms with Crippen molar-refractivity contribution in [2.75, 3.05) is 18.7 Å². The second-order valence-electron chi connectivity index (χ2n) is 7.23. The van der Waals surface area contributed by atoms with Gasteiger partial charge in [-0.2, -0.15) is 0 Å². The van der Waals surface area contributed by atoms with Gasteiger partial charge in [-0.05, 0) is 24.3 Å². The summed E-state index contributed by atoms with van der Waals surface area (Å²) in [5.74, 6) is 3.25. The molecular weight excluding hydrogens is 314 g/mol. The van der Waals surface area contributed by atoms with Gasteiger partial charge in [-0.25, -0.2) is 9.97 Å². The van der Waals surface area contributed by atoms with E-state index in [1.54, 1.807) is 0 Å². The average molecular weight is 335 g/mol. The van der Waals surface area contributed by atoms with Crippen LogP contribution in [-0.2, 0) is 5.41 Å². The highest BCUT2D eigenvalue weighted by Crippen LogP contribution is 2.38. The zero-order valence-electron chi connectivity index (χ0n) is 14.9. The number of aromatic nitrogens is 2. The van der Waals surface area contributed by atoms with Gasteiger partial charge in [0, 0.05) is 29.6 Å². The SMILES string of the molecule is CN(c1ccc2c(c1)OCO2)c1nc(C(C)(C)C)nc2ccccc12. The molecule has 0 fully saturated rings. The molecule has 25 heavy (non-hydrogen) atoms. The second-order valence-corrected chi connectivity index (χ2v) is 7.23. The van der Waals surface area contributed by atoms with Crippen molar-refractivity contribution in [2.45, 2.75) is 26.2 Å². The molecule has 128 valence electrons. The van der Waals surface area contributed by atoms with Crippen molar-refractivity contribution < 1.29 is 9.47 Å². The van der Waals surface area contributed by atoms with Crippen molar-refractivity contribution in [1.29, 1.82) is 0 Å². The second kappa shape index (κ2) is 5.62. The highest BCUT2D eigenvalue weighted by molar-refractivity contribution is 5.91. The van der Waals surface area contributed by atoms with E-state index in [1.165, 1.54) is 0 Å². The Balaban J connectivity index is 1.87. The first-order valence-corrected chi connectivity index (χ1v) is 8.34. The Morgan fingerprint density at radius 2 is 1.72 bits per heavy atom. The minimum absolute atomic E-state index is 0.130. The van der Waals surface area contributed by atoms with Gasteiger partial charge in [-0.3, -0.25) is 0 Å². The van der Waals surface area contributed by atoms with Crippen LogP contribution in [0, 0.1) is 0 Å². The van der Waals surface area contributed by atoms with Gasteiger partial charge in [0.1, 0.15) is 11.6 Å². The molecule has 5 nitrogen and oxygen atoms in total. The zero-order chi connectivity index (χ0) is 17.6. The van der Waals surface area contributed by atoms with E-state index in [1.807, 2.05) is 43.4 Å².